The fourth-order valence-electron chi connectivity index (χ4n) is 1.31. The van der Waals surface area contributed by atoms with Crippen molar-refractivity contribution in [1.82, 2.24) is 10.2 Å². The number of nitrogens with zero attached hydrogens (tertiary/aromatic N) is 1. The van der Waals surface area contributed by atoms with Crippen molar-refractivity contribution >= 4 is 11.9 Å². The Hall–Kier alpha value is -1.86. The molecular weight excluding hydrogens is 264 g/mol. The summed E-state index contributed by atoms with van der Waals surface area (Å²) in [6, 6.07) is 4.02. The van der Waals surface area contributed by atoms with E-state index in [1.807, 2.05) is 19.1 Å². The van der Waals surface area contributed by atoms with Gasteiger partial charge < -0.3 is 24.8 Å². The topological polar surface area (TPSA) is 103 Å². The highest BCUT2D eigenvalue weighted by atomic mass is 16.4. The van der Waals surface area contributed by atoms with Crippen molar-refractivity contribution in [3.8, 4) is 0 Å². The molecule has 0 saturated carbocycles. The van der Waals surface area contributed by atoms with Gasteiger partial charge >= 0.3 is 11.9 Å². The summed E-state index contributed by atoms with van der Waals surface area (Å²) in [5.74, 6) is -1.65. The van der Waals surface area contributed by atoms with Gasteiger partial charge in [-0.25, -0.2) is 9.59 Å². The number of carboxylic acids is 2. The maximum Gasteiger partial charge on any atom is 0.414 e. The number of aliphatic carboxylic acids is 2. The lowest BCUT2D eigenvalue weighted by Gasteiger charge is -2.08. The second-order valence-electron chi connectivity index (χ2n) is 4.46. The minimum absolute atomic E-state index is 0.835. The third-order valence-corrected chi connectivity index (χ3v) is 2.24. The van der Waals surface area contributed by atoms with E-state index in [4.69, 9.17) is 24.2 Å². The van der Waals surface area contributed by atoms with Gasteiger partial charge in [0.15, 0.2) is 0 Å². The van der Waals surface area contributed by atoms with Crippen LogP contribution in [0.25, 0.3) is 0 Å². The minimum Gasteiger partial charge on any atom is -0.473 e. The lowest BCUT2D eigenvalue weighted by Crippen LogP contribution is -2.20. The molecule has 114 valence electrons. The Kier molecular flexibility index (Phi) is 9.06. The first-order valence-corrected chi connectivity index (χ1v) is 6.20. The van der Waals surface area contributed by atoms with Crippen molar-refractivity contribution in [2.75, 3.05) is 27.2 Å². The van der Waals surface area contributed by atoms with Crippen LogP contribution in [0.15, 0.2) is 16.5 Å². The first kappa shape index (κ1) is 18.1. The van der Waals surface area contributed by atoms with Crippen molar-refractivity contribution in [2.45, 2.75) is 19.9 Å². The van der Waals surface area contributed by atoms with Crippen molar-refractivity contribution in [3.63, 3.8) is 0 Å². The van der Waals surface area contributed by atoms with Crippen LogP contribution in [0.2, 0.25) is 0 Å². The van der Waals surface area contributed by atoms with E-state index in [9.17, 15) is 0 Å². The third kappa shape index (κ3) is 10.1. The molecular formula is C13H22N2O5. The van der Waals surface area contributed by atoms with E-state index in [-0.39, 0.29) is 0 Å². The van der Waals surface area contributed by atoms with Crippen molar-refractivity contribution < 1.29 is 24.2 Å². The Bertz CT molecular complexity index is 403. The molecule has 7 heteroatoms. The van der Waals surface area contributed by atoms with Gasteiger partial charge in [-0.2, -0.15) is 0 Å². The predicted molar refractivity (Wildman–Crippen MR) is 73.6 cm³/mol. The smallest absolute Gasteiger partial charge is 0.414 e. The van der Waals surface area contributed by atoms with Crippen LogP contribution in [-0.4, -0.2) is 54.2 Å². The van der Waals surface area contributed by atoms with Crippen LogP contribution >= 0.6 is 0 Å². The molecule has 0 bridgehead atoms. The Labute approximate surface area is 118 Å². The molecule has 0 spiro atoms. The maximum absolute atomic E-state index is 9.10. The van der Waals surface area contributed by atoms with E-state index in [2.05, 4.69) is 24.3 Å². The number of aryl methyl sites for hydroxylation is 1. The summed E-state index contributed by atoms with van der Waals surface area (Å²) in [5, 5.41) is 18.1. The van der Waals surface area contributed by atoms with Crippen molar-refractivity contribution in [3.05, 3.63) is 23.7 Å². The lowest BCUT2D eigenvalue weighted by molar-refractivity contribution is -0.159. The van der Waals surface area contributed by atoms with Crippen LogP contribution in [0.1, 0.15) is 17.9 Å². The average Bonchev–Trinajstić information content (AvgIpc) is 2.75. The Morgan fingerprint density at radius 2 is 1.85 bits per heavy atom. The number of carbonyl (C=O) groups is 2. The molecule has 1 aromatic heterocycles. The molecule has 3 N–H and O–H groups in total. The fourth-order valence-corrected chi connectivity index (χ4v) is 1.31. The molecule has 0 amide bonds. The highest BCUT2D eigenvalue weighted by Crippen LogP contribution is 2.05. The van der Waals surface area contributed by atoms with Gasteiger partial charge in [-0.05, 0) is 52.7 Å². The van der Waals surface area contributed by atoms with Gasteiger partial charge in [0.2, 0.25) is 0 Å². The Morgan fingerprint density at radius 1 is 1.25 bits per heavy atom. The lowest BCUT2D eigenvalue weighted by atomic mass is 10.4. The molecule has 0 aliphatic carbocycles. The Balaban J connectivity index is 0.000000511. The summed E-state index contributed by atoms with van der Waals surface area (Å²) in [7, 11) is 4.19. The molecule has 1 aromatic rings. The normalized spacial score (nSPS) is 10.0. The van der Waals surface area contributed by atoms with Gasteiger partial charge in [0, 0.05) is 0 Å². The zero-order valence-electron chi connectivity index (χ0n) is 12.0. The first-order valence-electron chi connectivity index (χ1n) is 6.20. The van der Waals surface area contributed by atoms with Gasteiger partial charge in [0.25, 0.3) is 0 Å². The number of nitrogens with one attached hydrogen (secondary N) is 1. The summed E-state index contributed by atoms with van der Waals surface area (Å²) >= 11 is 0. The predicted octanol–water partition coefficient (Wildman–Crippen LogP) is 0.785. The third-order valence-electron chi connectivity index (χ3n) is 2.24. The first-order chi connectivity index (χ1) is 9.32. The van der Waals surface area contributed by atoms with Gasteiger partial charge in [0.05, 0.1) is 6.54 Å². The standard InChI is InChI=1S/C11H20N2O.C2H2O4/c1-10-5-6-11(14-10)9-12-7-4-8-13(2)3;3-1(4)2(5)6/h5-6,12H,4,7-9H2,1-3H3;(H,3,4)(H,5,6). The van der Waals surface area contributed by atoms with Crippen molar-refractivity contribution in [1.29, 1.82) is 0 Å². The maximum atomic E-state index is 9.10. The fraction of sp³-hybridized carbons (Fsp3) is 0.538. The molecule has 0 radical (unpaired) electrons. The number of carboxylic acid groups (broad SMARTS) is 2. The minimum atomic E-state index is -1.82. The van der Waals surface area contributed by atoms with Gasteiger partial charge in [-0.3, -0.25) is 0 Å². The molecule has 0 atom stereocenters. The Morgan fingerprint density at radius 3 is 2.25 bits per heavy atom. The van der Waals surface area contributed by atoms with E-state index < -0.39 is 11.9 Å². The highest BCUT2D eigenvalue weighted by molar-refractivity contribution is 6.27. The summed E-state index contributed by atoms with van der Waals surface area (Å²) < 4.78 is 5.44. The summed E-state index contributed by atoms with van der Waals surface area (Å²) in [6.07, 6.45) is 1.17. The molecule has 0 fully saturated rings. The molecule has 20 heavy (non-hydrogen) atoms. The molecule has 1 heterocycles. The monoisotopic (exact) mass is 286 g/mol. The molecule has 7 nitrogen and oxygen atoms in total. The van der Waals surface area contributed by atoms with Crippen LogP contribution in [0.5, 0.6) is 0 Å². The van der Waals surface area contributed by atoms with Crippen LogP contribution in [0, 0.1) is 6.92 Å². The molecule has 0 unspecified atom stereocenters. The van der Waals surface area contributed by atoms with E-state index >= 15 is 0 Å². The summed E-state index contributed by atoms with van der Waals surface area (Å²) in [6.45, 7) is 4.97. The van der Waals surface area contributed by atoms with Gasteiger partial charge in [-0.15, -0.1) is 0 Å². The molecule has 0 aliphatic heterocycles. The zero-order valence-corrected chi connectivity index (χ0v) is 12.0. The SMILES string of the molecule is Cc1ccc(CNCCCN(C)C)o1.O=C(O)C(=O)O. The van der Waals surface area contributed by atoms with Crippen molar-refractivity contribution in [2.24, 2.45) is 0 Å². The quantitative estimate of drug-likeness (QED) is 0.524. The number of rotatable bonds is 6. The largest absolute Gasteiger partial charge is 0.473 e. The van der Waals surface area contributed by atoms with E-state index in [1.54, 1.807) is 0 Å². The summed E-state index contributed by atoms with van der Waals surface area (Å²) in [5.41, 5.74) is 0. The van der Waals surface area contributed by atoms with Gasteiger partial charge in [0.1, 0.15) is 11.5 Å². The molecule has 0 saturated heterocycles. The van der Waals surface area contributed by atoms with Gasteiger partial charge in [-0.1, -0.05) is 0 Å². The second-order valence-corrected chi connectivity index (χ2v) is 4.46. The van der Waals surface area contributed by atoms with Crippen LogP contribution in [0.4, 0.5) is 0 Å². The average molecular weight is 286 g/mol. The number of furan rings is 1. The van der Waals surface area contributed by atoms with E-state index in [0.717, 1.165) is 31.2 Å². The summed E-state index contributed by atoms with van der Waals surface area (Å²) in [4.78, 5) is 20.4. The van der Waals surface area contributed by atoms with E-state index in [0.29, 0.717) is 0 Å². The van der Waals surface area contributed by atoms with E-state index in [1.165, 1.54) is 6.42 Å². The van der Waals surface area contributed by atoms with Crippen LogP contribution in [-0.2, 0) is 16.1 Å². The second kappa shape index (κ2) is 9.99. The molecule has 1 rings (SSSR count). The number of hydrogen-bond acceptors (Lipinski definition) is 5. The molecule has 0 aromatic carbocycles. The highest BCUT2D eigenvalue weighted by Gasteiger charge is 2.04. The number of hydrogen-bond donors (Lipinski definition) is 3. The molecule has 0 aliphatic rings. The zero-order chi connectivity index (χ0) is 15.5. The van der Waals surface area contributed by atoms with Crippen LogP contribution < -0.4 is 5.32 Å². The van der Waals surface area contributed by atoms with Crippen LogP contribution in [0.3, 0.4) is 0 Å².